The lowest BCUT2D eigenvalue weighted by atomic mass is 10.2. The van der Waals surface area contributed by atoms with Gasteiger partial charge in [0.25, 0.3) is 0 Å². The van der Waals surface area contributed by atoms with Crippen LogP contribution in [0.15, 0.2) is 24.3 Å². The van der Waals surface area contributed by atoms with Gasteiger partial charge in [-0.25, -0.2) is 4.39 Å². The lowest BCUT2D eigenvalue weighted by molar-refractivity contribution is -0.136. The molecule has 0 atom stereocenters. The topological polar surface area (TPSA) is 43.8 Å². The van der Waals surface area contributed by atoms with Crippen molar-refractivity contribution in [1.29, 1.82) is 0 Å². The molecule has 0 fully saturated rings. The molecule has 0 aliphatic rings. The Morgan fingerprint density at radius 2 is 1.78 bits per heavy atom. The molecule has 4 nitrogen and oxygen atoms in total. The van der Waals surface area contributed by atoms with Crippen molar-refractivity contribution in [3.63, 3.8) is 0 Å². The summed E-state index contributed by atoms with van der Waals surface area (Å²) in [5.41, 5.74) is 0.847. The van der Waals surface area contributed by atoms with E-state index in [0.29, 0.717) is 13.1 Å². The first kappa shape index (κ1) is 14.4. The molecule has 5 heteroatoms. The minimum atomic E-state index is -0.827. The van der Waals surface area contributed by atoms with Crippen LogP contribution in [0.2, 0.25) is 0 Å². The van der Waals surface area contributed by atoms with Crippen molar-refractivity contribution in [1.82, 2.24) is 4.90 Å². The molecule has 1 aromatic carbocycles. The third-order valence-electron chi connectivity index (χ3n) is 2.60. The van der Waals surface area contributed by atoms with Crippen LogP contribution in [-0.4, -0.2) is 49.7 Å². The van der Waals surface area contributed by atoms with Gasteiger partial charge in [-0.05, 0) is 38.4 Å². The number of carboxylic acids is 1. The Balaban J connectivity index is 2.68. The molecule has 1 aromatic rings. The highest BCUT2D eigenvalue weighted by atomic mass is 19.1. The van der Waals surface area contributed by atoms with E-state index in [9.17, 15) is 9.18 Å². The normalized spacial score (nSPS) is 10.7. The van der Waals surface area contributed by atoms with Crippen LogP contribution in [0.3, 0.4) is 0 Å². The SMILES string of the molecule is CN(C)CCN(CCC(=O)O)c1ccc(F)cc1. The molecule has 100 valence electrons. The smallest absolute Gasteiger partial charge is 0.305 e. The van der Waals surface area contributed by atoms with Crippen LogP contribution < -0.4 is 4.90 Å². The first-order chi connectivity index (χ1) is 8.49. The predicted octanol–water partition coefficient (Wildman–Crippen LogP) is 1.67. The van der Waals surface area contributed by atoms with Crippen LogP contribution in [0.25, 0.3) is 0 Å². The minimum Gasteiger partial charge on any atom is -0.481 e. The van der Waals surface area contributed by atoms with E-state index in [1.165, 1.54) is 12.1 Å². The summed E-state index contributed by atoms with van der Waals surface area (Å²) in [5.74, 6) is -1.11. The first-order valence-corrected chi connectivity index (χ1v) is 5.86. The van der Waals surface area contributed by atoms with Gasteiger partial charge in [-0.1, -0.05) is 0 Å². The van der Waals surface area contributed by atoms with Crippen molar-refractivity contribution in [3.05, 3.63) is 30.1 Å². The molecule has 0 unspecified atom stereocenters. The lowest BCUT2D eigenvalue weighted by Crippen LogP contribution is -2.33. The first-order valence-electron chi connectivity index (χ1n) is 5.86. The van der Waals surface area contributed by atoms with Crippen molar-refractivity contribution >= 4 is 11.7 Å². The Hall–Kier alpha value is -1.62. The Morgan fingerprint density at radius 1 is 1.17 bits per heavy atom. The lowest BCUT2D eigenvalue weighted by Gasteiger charge is -2.25. The maximum atomic E-state index is 12.9. The van der Waals surface area contributed by atoms with Gasteiger partial charge in [-0.3, -0.25) is 4.79 Å². The Kier molecular flexibility index (Phi) is 5.58. The van der Waals surface area contributed by atoms with Gasteiger partial charge in [0.15, 0.2) is 0 Å². The number of carbonyl (C=O) groups is 1. The zero-order valence-electron chi connectivity index (χ0n) is 10.8. The number of anilines is 1. The fourth-order valence-corrected chi connectivity index (χ4v) is 1.57. The van der Waals surface area contributed by atoms with Gasteiger partial charge < -0.3 is 14.9 Å². The number of rotatable bonds is 7. The maximum Gasteiger partial charge on any atom is 0.305 e. The highest BCUT2D eigenvalue weighted by molar-refractivity contribution is 5.67. The van der Waals surface area contributed by atoms with Crippen molar-refractivity contribution in [2.75, 3.05) is 38.6 Å². The fraction of sp³-hybridized carbons (Fsp3) is 0.462. The number of hydrogen-bond donors (Lipinski definition) is 1. The number of carboxylic acid groups (broad SMARTS) is 1. The third kappa shape index (κ3) is 5.14. The van der Waals surface area contributed by atoms with Crippen LogP contribution >= 0.6 is 0 Å². The van der Waals surface area contributed by atoms with Crippen molar-refractivity contribution < 1.29 is 14.3 Å². The summed E-state index contributed by atoms with van der Waals surface area (Å²) in [6.07, 6.45) is 0.0742. The average molecular weight is 254 g/mol. The Labute approximate surface area is 107 Å². The van der Waals surface area contributed by atoms with Gasteiger partial charge in [0.1, 0.15) is 5.82 Å². The molecule has 0 saturated heterocycles. The highest BCUT2D eigenvalue weighted by Gasteiger charge is 2.09. The number of hydrogen-bond acceptors (Lipinski definition) is 3. The summed E-state index contributed by atoms with van der Waals surface area (Å²) in [6.45, 7) is 1.96. The summed E-state index contributed by atoms with van der Waals surface area (Å²) < 4.78 is 12.9. The molecule has 0 aliphatic carbocycles. The van der Waals surface area contributed by atoms with E-state index in [-0.39, 0.29) is 12.2 Å². The summed E-state index contributed by atoms with van der Waals surface area (Å²) in [7, 11) is 3.92. The second-order valence-corrected chi connectivity index (χ2v) is 4.41. The van der Waals surface area contributed by atoms with E-state index in [4.69, 9.17) is 5.11 Å². The van der Waals surface area contributed by atoms with E-state index in [0.717, 1.165) is 12.2 Å². The largest absolute Gasteiger partial charge is 0.481 e. The Bertz CT molecular complexity index is 379. The molecule has 0 heterocycles. The summed E-state index contributed by atoms with van der Waals surface area (Å²) in [6, 6.07) is 6.12. The van der Waals surface area contributed by atoms with Gasteiger partial charge in [-0.2, -0.15) is 0 Å². The molecular weight excluding hydrogens is 235 g/mol. The van der Waals surface area contributed by atoms with Crippen LogP contribution in [0.4, 0.5) is 10.1 Å². The molecule has 0 aromatic heterocycles. The third-order valence-corrected chi connectivity index (χ3v) is 2.60. The molecule has 0 saturated carbocycles. The van der Waals surface area contributed by atoms with Crippen LogP contribution in [-0.2, 0) is 4.79 Å². The van der Waals surface area contributed by atoms with Crippen molar-refractivity contribution in [3.8, 4) is 0 Å². The average Bonchev–Trinajstić information content (AvgIpc) is 2.30. The second-order valence-electron chi connectivity index (χ2n) is 4.41. The van der Waals surface area contributed by atoms with Gasteiger partial charge in [0.05, 0.1) is 6.42 Å². The molecule has 18 heavy (non-hydrogen) atoms. The van der Waals surface area contributed by atoms with E-state index in [1.807, 2.05) is 23.9 Å². The van der Waals surface area contributed by atoms with Gasteiger partial charge in [0, 0.05) is 25.3 Å². The fourth-order valence-electron chi connectivity index (χ4n) is 1.57. The van der Waals surface area contributed by atoms with Gasteiger partial charge >= 0.3 is 5.97 Å². The van der Waals surface area contributed by atoms with Crippen molar-refractivity contribution in [2.45, 2.75) is 6.42 Å². The standard InChI is InChI=1S/C13H19FN2O2/c1-15(2)9-10-16(8-7-13(17)18)12-5-3-11(14)4-6-12/h3-6H,7-10H2,1-2H3,(H,17,18). The molecule has 0 spiro atoms. The number of likely N-dealkylation sites (N-methyl/N-ethyl adjacent to an activating group) is 1. The van der Waals surface area contributed by atoms with Crippen molar-refractivity contribution in [2.24, 2.45) is 0 Å². The molecule has 1 rings (SSSR count). The van der Waals surface area contributed by atoms with Crippen LogP contribution in [0.1, 0.15) is 6.42 Å². The van der Waals surface area contributed by atoms with Gasteiger partial charge in [0.2, 0.25) is 0 Å². The van der Waals surface area contributed by atoms with E-state index < -0.39 is 5.97 Å². The molecule has 0 bridgehead atoms. The monoisotopic (exact) mass is 254 g/mol. The molecule has 0 aliphatic heterocycles. The quantitative estimate of drug-likeness (QED) is 0.804. The van der Waals surface area contributed by atoms with E-state index >= 15 is 0 Å². The minimum absolute atomic E-state index is 0.0742. The second kappa shape index (κ2) is 6.96. The molecule has 0 radical (unpaired) electrons. The predicted molar refractivity (Wildman–Crippen MR) is 69.4 cm³/mol. The Morgan fingerprint density at radius 3 is 2.28 bits per heavy atom. The molecular formula is C13H19FN2O2. The van der Waals surface area contributed by atoms with Crippen LogP contribution in [0, 0.1) is 5.82 Å². The zero-order valence-corrected chi connectivity index (χ0v) is 10.8. The van der Waals surface area contributed by atoms with E-state index in [2.05, 4.69) is 0 Å². The number of aliphatic carboxylic acids is 1. The number of halogens is 1. The van der Waals surface area contributed by atoms with Gasteiger partial charge in [-0.15, -0.1) is 0 Å². The summed E-state index contributed by atoms with van der Waals surface area (Å²) in [4.78, 5) is 14.6. The molecule has 1 N–H and O–H groups in total. The number of nitrogens with zero attached hydrogens (tertiary/aromatic N) is 2. The zero-order chi connectivity index (χ0) is 13.5. The van der Waals surface area contributed by atoms with E-state index in [1.54, 1.807) is 12.1 Å². The molecule has 0 amide bonds. The summed E-state index contributed by atoms with van der Waals surface area (Å²) in [5, 5.41) is 8.73. The maximum absolute atomic E-state index is 12.9. The summed E-state index contributed by atoms with van der Waals surface area (Å²) >= 11 is 0. The number of benzene rings is 1. The highest BCUT2D eigenvalue weighted by Crippen LogP contribution is 2.15. The van der Waals surface area contributed by atoms with Crippen LogP contribution in [0.5, 0.6) is 0 Å².